The summed E-state index contributed by atoms with van der Waals surface area (Å²) >= 11 is 3.60. The molecule has 1 aromatic rings. The summed E-state index contributed by atoms with van der Waals surface area (Å²) in [4.78, 5) is 2.46. The molecule has 0 amide bonds. The van der Waals surface area contributed by atoms with Crippen LogP contribution in [0.2, 0.25) is 0 Å². The fraction of sp³-hybridized carbons (Fsp3) is 0.571. The van der Waals surface area contributed by atoms with Crippen molar-refractivity contribution in [3.8, 4) is 0 Å². The molecule has 0 radical (unpaired) electrons. The van der Waals surface area contributed by atoms with Crippen LogP contribution in [0.4, 0.5) is 0 Å². The molecule has 1 aliphatic heterocycles. The number of benzene rings is 1. The Bertz CT molecular complexity index is 397. The lowest BCUT2D eigenvalue weighted by Crippen LogP contribution is -2.45. The SMILES string of the molecule is Cc1ccc([C@@H](CCO)N2CCNCC2)cc1Br.Cl. The van der Waals surface area contributed by atoms with E-state index in [1.54, 1.807) is 0 Å². The molecule has 108 valence electrons. The normalized spacial score (nSPS) is 17.8. The molecule has 1 saturated heterocycles. The minimum absolute atomic E-state index is 0. The molecule has 1 atom stereocenters. The summed E-state index contributed by atoms with van der Waals surface area (Å²) in [6, 6.07) is 6.85. The highest BCUT2D eigenvalue weighted by atomic mass is 79.9. The molecule has 0 bridgehead atoms. The molecule has 0 spiro atoms. The number of hydrogen-bond acceptors (Lipinski definition) is 3. The smallest absolute Gasteiger partial charge is 0.0449 e. The van der Waals surface area contributed by atoms with E-state index in [1.165, 1.54) is 11.1 Å². The second kappa shape index (κ2) is 8.22. The van der Waals surface area contributed by atoms with Gasteiger partial charge in [0, 0.05) is 43.3 Å². The van der Waals surface area contributed by atoms with Gasteiger partial charge < -0.3 is 10.4 Å². The molecule has 2 N–H and O–H groups in total. The Balaban J connectivity index is 0.00000180. The van der Waals surface area contributed by atoms with Crippen molar-refractivity contribution in [1.82, 2.24) is 10.2 Å². The Morgan fingerprint density at radius 3 is 2.63 bits per heavy atom. The quantitative estimate of drug-likeness (QED) is 0.877. The zero-order valence-corrected chi connectivity index (χ0v) is 13.6. The molecule has 0 unspecified atom stereocenters. The van der Waals surface area contributed by atoms with Crippen molar-refractivity contribution < 1.29 is 5.11 Å². The highest BCUT2D eigenvalue weighted by Crippen LogP contribution is 2.28. The van der Waals surface area contributed by atoms with Crippen molar-refractivity contribution in [3.05, 3.63) is 33.8 Å². The maximum atomic E-state index is 9.30. The van der Waals surface area contributed by atoms with Crippen molar-refractivity contribution in [1.29, 1.82) is 0 Å². The molecule has 19 heavy (non-hydrogen) atoms. The number of hydrogen-bond donors (Lipinski definition) is 2. The van der Waals surface area contributed by atoms with Gasteiger partial charge in [-0.2, -0.15) is 0 Å². The van der Waals surface area contributed by atoms with Crippen LogP contribution in [0.25, 0.3) is 0 Å². The van der Waals surface area contributed by atoms with E-state index in [9.17, 15) is 5.11 Å². The summed E-state index contributed by atoms with van der Waals surface area (Å²) in [5, 5.41) is 12.7. The van der Waals surface area contributed by atoms with E-state index < -0.39 is 0 Å². The number of rotatable bonds is 4. The molecule has 2 rings (SSSR count). The standard InChI is InChI=1S/C14H21BrN2O.ClH/c1-11-2-3-12(10-13(11)15)14(4-9-18)17-7-5-16-6-8-17;/h2-3,10,14,16,18H,4-9H2,1H3;1H/t14-;/m1./s1. The van der Waals surface area contributed by atoms with Gasteiger partial charge in [0.2, 0.25) is 0 Å². The molecular weight excluding hydrogens is 328 g/mol. The third kappa shape index (κ3) is 4.43. The fourth-order valence-corrected chi connectivity index (χ4v) is 2.89. The third-order valence-electron chi connectivity index (χ3n) is 3.58. The average molecular weight is 350 g/mol. The fourth-order valence-electron chi connectivity index (χ4n) is 2.49. The molecule has 0 saturated carbocycles. The first-order valence-corrected chi connectivity index (χ1v) is 7.33. The second-order valence-corrected chi connectivity index (χ2v) is 5.68. The zero-order chi connectivity index (χ0) is 13.0. The topological polar surface area (TPSA) is 35.5 Å². The zero-order valence-electron chi connectivity index (χ0n) is 11.2. The summed E-state index contributed by atoms with van der Waals surface area (Å²) in [7, 11) is 0. The summed E-state index contributed by atoms with van der Waals surface area (Å²) in [6.07, 6.45) is 0.801. The lowest BCUT2D eigenvalue weighted by atomic mass is 10.0. The van der Waals surface area contributed by atoms with Crippen LogP contribution >= 0.6 is 28.3 Å². The first kappa shape index (κ1) is 16.9. The monoisotopic (exact) mass is 348 g/mol. The molecule has 1 aliphatic rings. The van der Waals surface area contributed by atoms with Crippen LogP contribution in [0.3, 0.4) is 0 Å². The minimum Gasteiger partial charge on any atom is -0.396 e. The first-order valence-electron chi connectivity index (χ1n) is 6.54. The van der Waals surface area contributed by atoms with Crippen LogP contribution in [0.15, 0.2) is 22.7 Å². The van der Waals surface area contributed by atoms with Gasteiger partial charge in [-0.1, -0.05) is 28.1 Å². The second-order valence-electron chi connectivity index (χ2n) is 4.82. The van der Waals surface area contributed by atoms with Crippen LogP contribution in [-0.2, 0) is 0 Å². The van der Waals surface area contributed by atoms with Gasteiger partial charge in [0.25, 0.3) is 0 Å². The van der Waals surface area contributed by atoms with Crippen LogP contribution in [0, 0.1) is 6.92 Å². The highest BCUT2D eigenvalue weighted by molar-refractivity contribution is 9.10. The lowest BCUT2D eigenvalue weighted by molar-refractivity contribution is 0.141. The van der Waals surface area contributed by atoms with Crippen molar-refractivity contribution in [2.45, 2.75) is 19.4 Å². The van der Waals surface area contributed by atoms with Gasteiger partial charge in [0.1, 0.15) is 0 Å². The maximum Gasteiger partial charge on any atom is 0.0449 e. The highest BCUT2D eigenvalue weighted by Gasteiger charge is 2.21. The van der Waals surface area contributed by atoms with Crippen LogP contribution in [0.1, 0.15) is 23.6 Å². The van der Waals surface area contributed by atoms with Gasteiger partial charge in [0.05, 0.1) is 0 Å². The van der Waals surface area contributed by atoms with Gasteiger partial charge in [-0.05, 0) is 30.5 Å². The molecule has 0 aliphatic carbocycles. The molecule has 0 aromatic heterocycles. The maximum absolute atomic E-state index is 9.30. The van der Waals surface area contributed by atoms with E-state index in [0.29, 0.717) is 6.04 Å². The summed E-state index contributed by atoms with van der Waals surface area (Å²) in [5.41, 5.74) is 2.55. The molecule has 1 aromatic carbocycles. The Morgan fingerprint density at radius 2 is 2.05 bits per heavy atom. The van der Waals surface area contributed by atoms with E-state index in [-0.39, 0.29) is 19.0 Å². The van der Waals surface area contributed by atoms with E-state index in [4.69, 9.17) is 0 Å². The Labute approximate surface area is 129 Å². The predicted molar refractivity (Wildman–Crippen MR) is 85.0 cm³/mol. The Hall–Kier alpha value is -0.130. The summed E-state index contributed by atoms with van der Waals surface area (Å²) < 4.78 is 1.15. The lowest BCUT2D eigenvalue weighted by Gasteiger charge is -2.35. The third-order valence-corrected chi connectivity index (χ3v) is 4.43. The first-order chi connectivity index (χ1) is 8.72. The number of aliphatic hydroxyl groups excluding tert-OH is 1. The number of piperazine rings is 1. The van der Waals surface area contributed by atoms with Crippen LogP contribution < -0.4 is 5.32 Å². The number of aliphatic hydroxyl groups is 1. The largest absolute Gasteiger partial charge is 0.396 e. The van der Waals surface area contributed by atoms with Gasteiger partial charge in [-0.15, -0.1) is 12.4 Å². The van der Waals surface area contributed by atoms with Crippen molar-refractivity contribution >= 4 is 28.3 Å². The molecule has 1 fully saturated rings. The predicted octanol–water partition coefficient (Wildman–Crippen LogP) is 2.51. The van der Waals surface area contributed by atoms with Crippen molar-refractivity contribution in [2.24, 2.45) is 0 Å². The van der Waals surface area contributed by atoms with Crippen molar-refractivity contribution in [2.75, 3.05) is 32.8 Å². The summed E-state index contributed by atoms with van der Waals surface area (Å²) in [6.45, 7) is 6.51. The number of aryl methyl sites for hydroxylation is 1. The Kier molecular flexibility index (Phi) is 7.32. The van der Waals surface area contributed by atoms with E-state index in [1.807, 2.05) is 0 Å². The number of nitrogens with zero attached hydrogens (tertiary/aromatic N) is 1. The van der Waals surface area contributed by atoms with Crippen LogP contribution in [0.5, 0.6) is 0 Å². The van der Waals surface area contributed by atoms with Gasteiger partial charge >= 0.3 is 0 Å². The number of halogens is 2. The minimum atomic E-state index is 0. The molecular formula is C14H22BrClN2O. The molecule has 1 heterocycles. The number of nitrogens with one attached hydrogen (secondary N) is 1. The average Bonchev–Trinajstić information content (AvgIpc) is 2.40. The van der Waals surface area contributed by atoms with E-state index >= 15 is 0 Å². The van der Waals surface area contributed by atoms with Crippen LogP contribution in [-0.4, -0.2) is 42.8 Å². The van der Waals surface area contributed by atoms with Crippen molar-refractivity contribution in [3.63, 3.8) is 0 Å². The van der Waals surface area contributed by atoms with Gasteiger partial charge in [0.15, 0.2) is 0 Å². The molecule has 5 heteroatoms. The van der Waals surface area contributed by atoms with E-state index in [0.717, 1.165) is 37.1 Å². The Morgan fingerprint density at radius 1 is 1.37 bits per heavy atom. The van der Waals surface area contributed by atoms with E-state index in [2.05, 4.69) is 51.3 Å². The van der Waals surface area contributed by atoms with Gasteiger partial charge in [-0.3, -0.25) is 4.90 Å². The van der Waals surface area contributed by atoms with Gasteiger partial charge in [-0.25, -0.2) is 0 Å². The molecule has 3 nitrogen and oxygen atoms in total. The summed E-state index contributed by atoms with van der Waals surface area (Å²) in [5.74, 6) is 0.